The summed E-state index contributed by atoms with van der Waals surface area (Å²) in [6, 6.07) is 0. The lowest BCUT2D eigenvalue weighted by atomic mass is 9.89. The number of aliphatic hydroxyl groups excluding tert-OH is 4. The van der Waals surface area contributed by atoms with E-state index in [1.807, 2.05) is 12.2 Å². The monoisotopic (exact) mass is 370 g/mol. The van der Waals surface area contributed by atoms with Gasteiger partial charge in [-0.15, -0.1) is 0 Å². The van der Waals surface area contributed by atoms with Crippen molar-refractivity contribution in [3.05, 3.63) is 24.3 Å². The van der Waals surface area contributed by atoms with Crippen LogP contribution < -0.4 is 0 Å². The standard InChI is InChI=1S/C20H34O6/c1-14(21)7-6-8-15(22)11-12-17-16(18(23)13-19(17)24)9-4-2-3-5-10-20(25)26/h2,4,11-12,14-19,21-24H,3,5-10,13H2,1H3,(H,25,26)/b4-2+,12-11+. The Labute approximate surface area is 155 Å². The van der Waals surface area contributed by atoms with Crippen LogP contribution in [0.15, 0.2) is 24.3 Å². The molecule has 26 heavy (non-hydrogen) atoms. The number of carbonyl (C=O) groups is 1. The molecule has 0 amide bonds. The largest absolute Gasteiger partial charge is 0.481 e. The first-order valence-electron chi connectivity index (χ1n) is 9.58. The first-order valence-corrected chi connectivity index (χ1v) is 9.58. The summed E-state index contributed by atoms with van der Waals surface area (Å²) in [6.07, 6.45) is 9.41. The molecule has 0 aromatic rings. The fraction of sp³-hybridized carbons (Fsp3) is 0.750. The van der Waals surface area contributed by atoms with Crippen LogP contribution in [-0.4, -0.2) is 55.9 Å². The number of allylic oxidation sites excluding steroid dienone is 2. The Hall–Kier alpha value is -1.21. The molecule has 1 aliphatic carbocycles. The molecule has 5 N–H and O–H groups in total. The Bertz CT molecular complexity index is 459. The molecule has 6 nitrogen and oxygen atoms in total. The Morgan fingerprint density at radius 3 is 2.50 bits per heavy atom. The van der Waals surface area contributed by atoms with Crippen LogP contribution in [0.2, 0.25) is 0 Å². The molecule has 0 aromatic heterocycles. The summed E-state index contributed by atoms with van der Waals surface area (Å²) < 4.78 is 0. The number of carboxylic acid groups (broad SMARTS) is 1. The summed E-state index contributed by atoms with van der Waals surface area (Å²) in [6.45, 7) is 1.72. The molecule has 1 aliphatic rings. The smallest absolute Gasteiger partial charge is 0.303 e. The van der Waals surface area contributed by atoms with Crippen LogP contribution in [0.4, 0.5) is 0 Å². The summed E-state index contributed by atoms with van der Waals surface area (Å²) in [5.74, 6) is -1.12. The third-order valence-electron chi connectivity index (χ3n) is 4.93. The van der Waals surface area contributed by atoms with E-state index in [1.165, 1.54) is 0 Å². The number of hydrogen-bond acceptors (Lipinski definition) is 5. The second-order valence-electron chi connectivity index (χ2n) is 7.34. The predicted octanol–water partition coefficient (Wildman–Crippen LogP) is 2.01. The number of hydrogen-bond donors (Lipinski definition) is 5. The topological polar surface area (TPSA) is 118 Å². The molecule has 0 spiro atoms. The van der Waals surface area contributed by atoms with Crippen LogP contribution in [0.1, 0.15) is 58.3 Å². The van der Waals surface area contributed by atoms with Crippen molar-refractivity contribution in [2.24, 2.45) is 11.8 Å². The number of carboxylic acids is 1. The molecule has 0 saturated heterocycles. The van der Waals surface area contributed by atoms with Crippen molar-refractivity contribution >= 4 is 5.97 Å². The molecule has 0 bridgehead atoms. The fourth-order valence-electron chi connectivity index (χ4n) is 3.42. The van der Waals surface area contributed by atoms with Crippen LogP contribution in [-0.2, 0) is 4.79 Å². The van der Waals surface area contributed by atoms with Gasteiger partial charge in [0, 0.05) is 18.8 Å². The molecule has 150 valence electrons. The molecular weight excluding hydrogens is 336 g/mol. The highest BCUT2D eigenvalue weighted by atomic mass is 16.4. The average Bonchev–Trinajstić information content (AvgIpc) is 2.81. The van der Waals surface area contributed by atoms with Crippen LogP contribution in [0.25, 0.3) is 0 Å². The zero-order valence-corrected chi connectivity index (χ0v) is 15.6. The Balaban J connectivity index is 2.46. The second kappa shape index (κ2) is 12.2. The maximum absolute atomic E-state index is 10.5. The molecule has 0 aromatic carbocycles. The lowest BCUT2D eigenvalue weighted by Gasteiger charge is -2.19. The third-order valence-corrected chi connectivity index (χ3v) is 4.93. The highest BCUT2D eigenvalue weighted by molar-refractivity contribution is 5.66. The van der Waals surface area contributed by atoms with Gasteiger partial charge < -0.3 is 25.5 Å². The highest BCUT2D eigenvalue weighted by Crippen LogP contribution is 2.36. The van der Waals surface area contributed by atoms with Gasteiger partial charge in [-0.25, -0.2) is 0 Å². The van der Waals surface area contributed by atoms with E-state index in [0.29, 0.717) is 38.5 Å². The van der Waals surface area contributed by atoms with E-state index in [-0.39, 0.29) is 24.4 Å². The van der Waals surface area contributed by atoms with E-state index < -0.39 is 24.3 Å². The molecule has 1 saturated carbocycles. The Morgan fingerprint density at radius 1 is 1.12 bits per heavy atom. The summed E-state index contributed by atoms with van der Waals surface area (Å²) >= 11 is 0. The van der Waals surface area contributed by atoms with Crippen molar-refractivity contribution in [1.82, 2.24) is 0 Å². The maximum Gasteiger partial charge on any atom is 0.303 e. The predicted molar refractivity (Wildman–Crippen MR) is 99.5 cm³/mol. The summed E-state index contributed by atoms with van der Waals surface area (Å²) in [7, 11) is 0. The molecule has 1 fully saturated rings. The molecule has 0 radical (unpaired) electrons. The Kier molecular flexibility index (Phi) is 10.7. The zero-order valence-electron chi connectivity index (χ0n) is 15.6. The van der Waals surface area contributed by atoms with E-state index in [2.05, 4.69) is 0 Å². The SMILES string of the molecule is CC(O)CCCC(O)/C=C/C1C(O)CC(O)C1C/C=C/CCCC(=O)O. The highest BCUT2D eigenvalue weighted by Gasteiger charge is 2.39. The van der Waals surface area contributed by atoms with Crippen molar-refractivity contribution < 1.29 is 30.3 Å². The van der Waals surface area contributed by atoms with E-state index in [9.17, 15) is 25.2 Å². The van der Waals surface area contributed by atoms with Crippen LogP contribution in [0.5, 0.6) is 0 Å². The van der Waals surface area contributed by atoms with Gasteiger partial charge in [0.2, 0.25) is 0 Å². The third kappa shape index (κ3) is 8.94. The number of aliphatic carboxylic acids is 1. The number of unbranched alkanes of at least 4 members (excludes halogenated alkanes) is 1. The zero-order chi connectivity index (χ0) is 19.5. The van der Waals surface area contributed by atoms with E-state index >= 15 is 0 Å². The van der Waals surface area contributed by atoms with Gasteiger partial charge >= 0.3 is 5.97 Å². The fourth-order valence-corrected chi connectivity index (χ4v) is 3.42. The van der Waals surface area contributed by atoms with Crippen molar-refractivity contribution in [2.75, 3.05) is 0 Å². The second-order valence-corrected chi connectivity index (χ2v) is 7.34. The van der Waals surface area contributed by atoms with Gasteiger partial charge in [-0.2, -0.15) is 0 Å². The summed E-state index contributed by atoms with van der Waals surface area (Å²) in [4.78, 5) is 10.5. The first kappa shape index (κ1) is 22.8. The van der Waals surface area contributed by atoms with Gasteiger partial charge in [0.1, 0.15) is 0 Å². The average molecular weight is 370 g/mol. The minimum absolute atomic E-state index is 0.110. The maximum atomic E-state index is 10.5. The summed E-state index contributed by atoms with van der Waals surface area (Å²) in [5.41, 5.74) is 0. The molecule has 6 unspecified atom stereocenters. The molecule has 6 heteroatoms. The van der Waals surface area contributed by atoms with Gasteiger partial charge in [-0.1, -0.05) is 24.3 Å². The molecular formula is C20H34O6. The minimum atomic E-state index is -0.801. The number of rotatable bonds is 12. The quantitative estimate of drug-likeness (QED) is 0.265. The lowest BCUT2D eigenvalue weighted by molar-refractivity contribution is -0.137. The van der Waals surface area contributed by atoms with Crippen LogP contribution in [0, 0.1) is 11.8 Å². The van der Waals surface area contributed by atoms with Gasteiger partial charge in [-0.3, -0.25) is 4.79 Å². The van der Waals surface area contributed by atoms with Crippen molar-refractivity contribution in [1.29, 1.82) is 0 Å². The van der Waals surface area contributed by atoms with Crippen molar-refractivity contribution in [3.63, 3.8) is 0 Å². The summed E-state index contributed by atoms with van der Waals surface area (Å²) in [5, 5.41) is 48.2. The van der Waals surface area contributed by atoms with Gasteiger partial charge in [0.25, 0.3) is 0 Å². The normalized spacial score (nSPS) is 28.8. The first-order chi connectivity index (χ1) is 12.3. The van der Waals surface area contributed by atoms with E-state index in [0.717, 1.165) is 6.42 Å². The van der Waals surface area contributed by atoms with Crippen molar-refractivity contribution in [2.45, 2.75) is 82.7 Å². The molecule has 6 atom stereocenters. The molecule has 0 aliphatic heterocycles. The van der Waals surface area contributed by atoms with Crippen LogP contribution in [0.3, 0.4) is 0 Å². The van der Waals surface area contributed by atoms with Gasteiger partial charge in [0.05, 0.1) is 24.4 Å². The van der Waals surface area contributed by atoms with E-state index in [4.69, 9.17) is 5.11 Å². The van der Waals surface area contributed by atoms with Crippen molar-refractivity contribution in [3.8, 4) is 0 Å². The minimum Gasteiger partial charge on any atom is -0.481 e. The van der Waals surface area contributed by atoms with Gasteiger partial charge in [-0.05, 0) is 51.4 Å². The molecule has 1 rings (SSSR count). The van der Waals surface area contributed by atoms with Crippen LogP contribution >= 0.6 is 0 Å². The Morgan fingerprint density at radius 2 is 1.85 bits per heavy atom. The van der Waals surface area contributed by atoms with Gasteiger partial charge in [0.15, 0.2) is 0 Å². The lowest BCUT2D eigenvalue weighted by Crippen LogP contribution is -2.20. The molecule has 0 heterocycles. The number of aliphatic hydroxyl groups is 4. The van der Waals surface area contributed by atoms with E-state index in [1.54, 1.807) is 19.1 Å².